The molecule has 0 spiro atoms. The number of aromatic nitrogens is 2. The van der Waals surface area contributed by atoms with Gasteiger partial charge in [-0.1, -0.05) is 30.3 Å². The van der Waals surface area contributed by atoms with Gasteiger partial charge in [-0.05, 0) is 37.5 Å². The van der Waals surface area contributed by atoms with Crippen molar-refractivity contribution in [1.82, 2.24) is 10.4 Å². The molecule has 1 aromatic heterocycles. The molecule has 2 aliphatic rings. The number of benzene rings is 2. The third kappa shape index (κ3) is 5.46. The van der Waals surface area contributed by atoms with Crippen LogP contribution in [-0.4, -0.2) is 48.5 Å². The minimum Gasteiger partial charge on any atom is -0.454 e. The number of fused-ring (bicyclic) bond motifs is 1. The van der Waals surface area contributed by atoms with Gasteiger partial charge in [-0.3, -0.25) is 9.59 Å². The smallest absolute Gasteiger partial charge is 0.249 e. The number of aryl methyl sites for hydroxylation is 1. The summed E-state index contributed by atoms with van der Waals surface area (Å²) in [5.74, 6) is 1.20. The Morgan fingerprint density at radius 3 is 2.65 bits per heavy atom. The van der Waals surface area contributed by atoms with Crippen LogP contribution in [-0.2, 0) is 29.0 Å². The fourth-order valence-corrected chi connectivity index (χ4v) is 4.92. The van der Waals surface area contributed by atoms with E-state index in [1.54, 1.807) is 30.1 Å². The summed E-state index contributed by atoms with van der Waals surface area (Å²) in [6, 6.07) is 14.3. The number of ether oxygens (including phenoxy) is 2. The summed E-state index contributed by atoms with van der Waals surface area (Å²) < 4.78 is 12.8. The van der Waals surface area contributed by atoms with Gasteiger partial charge >= 0.3 is 0 Å². The monoisotopic (exact) mass is 505 g/mol. The van der Waals surface area contributed by atoms with Crippen LogP contribution in [0, 0.1) is 6.92 Å². The molecule has 3 aromatic rings. The number of nitrogens with one attached hydrogen (secondary N) is 2. The summed E-state index contributed by atoms with van der Waals surface area (Å²) in [4.78, 5) is 28.6. The Hall–Kier alpha value is -3.85. The van der Waals surface area contributed by atoms with Crippen LogP contribution in [0.25, 0.3) is 0 Å². The summed E-state index contributed by atoms with van der Waals surface area (Å²) >= 11 is 0. The predicted molar refractivity (Wildman–Crippen MR) is 137 cm³/mol. The lowest BCUT2D eigenvalue weighted by Gasteiger charge is -2.25. The molecule has 194 valence electrons. The van der Waals surface area contributed by atoms with E-state index < -0.39 is 6.04 Å². The van der Waals surface area contributed by atoms with E-state index in [-0.39, 0.29) is 31.6 Å². The van der Waals surface area contributed by atoms with E-state index in [0.717, 1.165) is 35.4 Å². The Bertz CT molecular complexity index is 1290. The zero-order valence-electron chi connectivity index (χ0n) is 21.2. The number of carbonyl (C=O) groups is 2. The van der Waals surface area contributed by atoms with E-state index in [1.807, 2.05) is 41.9 Å². The third-order valence-electron chi connectivity index (χ3n) is 6.97. The number of aliphatic hydroxyl groups excluding tert-OH is 1. The van der Waals surface area contributed by atoms with Gasteiger partial charge in [0.15, 0.2) is 18.0 Å². The third-order valence-corrected chi connectivity index (χ3v) is 6.97. The van der Waals surface area contributed by atoms with Crippen LogP contribution in [0.5, 0.6) is 11.5 Å². The van der Waals surface area contributed by atoms with Gasteiger partial charge in [-0.2, -0.15) is 5.10 Å². The van der Waals surface area contributed by atoms with Crippen molar-refractivity contribution in [1.29, 1.82) is 0 Å². The van der Waals surface area contributed by atoms with E-state index in [4.69, 9.17) is 9.47 Å². The number of hydrogen-bond donors (Lipinski definition) is 3. The number of hydrogen-bond acceptors (Lipinski definition) is 5. The SMILES string of the molecule is Cc1[nH][n+](CCO)c(C2CC2)c1CC(=O)N[C@@H](Cc1ccccc1)C(=O)N(C)c1ccc2c(c1)OCO2. The molecule has 0 unspecified atom stereocenters. The Morgan fingerprint density at radius 2 is 1.92 bits per heavy atom. The van der Waals surface area contributed by atoms with Crippen molar-refractivity contribution in [2.75, 3.05) is 25.3 Å². The minimum atomic E-state index is -0.751. The normalized spacial score (nSPS) is 14.9. The largest absolute Gasteiger partial charge is 0.454 e. The quantitative estimate of drug-likeness (QED) is 0.366. The van der Waals surface area contributed by atoms with Crippen LogP contribution < -0.4 is 24.4 Å². The van der Waals surface area contributed by atoms with Crippen LogP contribution in [0.15, 0.2) is 48.5 Å². The molecule has 2 heterocycles. The average molecular weight is 506 g/mol. The fourth-order valence-electron chi connectivity index (χ4n) is 4.92. The summed E-state index contributed by atoms with van der Waals surface area (Å²) in [6.45, 7) is 2.59. The maximum absolute atomic E-state index is 13.7. The van der Waals surface area contributed by atoms with Crippen molar-refractivity contribution in [2.45, 2.75) is 51.1 Å². The number of anilines is 1. The van der Waals surface area contributed by atoms with E-state index in [1.165, 1.54) is 0 Å². The molecular formula is C28H33N4O5+. The topological polar surface area (TPSA) is 108 Å². The van der Waals surface area contributed by atoms with Crippen molar-refractivity contribution in [3.63, 3.8) is 0 Å². The number of amides is 2. The molecule has 9 nitrogen and oxygen atoms in total. The second kappa shape index (κ2) is 10.6. The first-order chi connectivity index (χ1) is 17.9. The fraction of sp³-hybridized carbons (Fsp3) is 0.393. The number of aromatic amines is 1. The molecule has 2 amide bonds. The van der Waals surface area contributed by atoms with Gasteiger partial charge in [0.05, 0.1) is 17.7 Å². The molecular weight excluding hydrogens is 472 g/mol. The van der Waals surface area contributed by atoms with E-state index >= 15 is 0 Å². The first-order valence-corrected chi connectivity index (χ1v) is 12.7. The van der Waals surface area contributed by atoms with E-state index in [0.29, 0.717) is 36.1 Å². The van der Waals surface area contributed by atoms with Gasteiger partial charge in [0, 0.05) is 31.1 Å². The van der Waals surface area contributed by atoms with Gasteiger partial charge in [0.1, 0.15) is 12.6 Å². The summed E-state index contributed by atoms with van der Waals surface area (Å²) in [5.41, 5.74) is 4.56. The van der Waals surface area contributed by atoms with Crippen molar-refractivity contribution in [3.8, 4) is 11.5 Å². The maximum Gasteiger partial charge on any atom is 0.249 e. The lowest BCUT2D eigenvalue weighted by molar-refractivity contribution is -0.757. The molecule has 0 saturated heterocycles. The second-order valence-corrected chi connectivity index (χ2v) is 9.67. The average Bonchev–Trinajstić information content (AvgIpc) is 3.54. The van der Waals surface area contributed by atoms with Gasteiger partial charge in [0.25, 0.3) is 0 Å². The number of rotatable bonds is 10. The lowest BCUT2D eigenvalue weighted by Crippen LogP contribution is -2.49. The Balaban J connectivity index is 1.36. The van der Waals surface area contributed by atoms with Crippen molar-refractivity contribution < 1.29 is 28.9 Å². The van der Waals surface area contributed by atoms with E-state index in [2.05, 4.69) is 10.4 Å². The molecule has 5 rings (SSSR count). The molecule has 1 saturated carbocycles. The second-order valence-electron chi connectivity index (χ2n) is 9.67. The molecule has 0 radical (unpaired) electrons. The zero-order chi connectivity index (χ0) is 25.9. The Morgan fingerprint density at radius 1 is 1.16 bits per heavy atom. The van der Waals surface area contributed by atoms with E-state index in [9.17, 15) is 14.7 Å². The highest BCUT2D eigenvalue weighted by atomic mass is 16.7. The lowest BCUT2D eigenvalue weighted by atomic mass is 10.0. The maximum atomic E-state index is 13.7. The molecule has 3 N–H and O–H groups in total. The molecule has 37 heavy (non-hydrogen) atoms. The number of likely N-dealkylation sites (N-methyl/N-ethyl adjacent to an activating group) is 1. The van der Waals surface area contributed by atoms with Gasteiger partial charge in [-0.15, -0.1) is 4.68 Å². The standard InChI is InChI=1S/C28H32N4O5/c1-18-22(27(20-8-9-20)32(30-18)12-13-33)16-26(34)29-23(14-19-6-4-3-5-7-19)28(35)31(2)21-10-11-24-25(15-21)37-17-36-24/h3-7,10-11,15,20,23,33H,8-9,12-14,16-17H2,1-2H3,(H,29,34)/p+1/t23-/m0/s1. The number of aliphatic hydroxyl groups is 1. The van der Waals surface area contributed by atoms with Crippen LogP contribution in [0.4, 0.5) is 5.69 Å². The van der Waals surface area contributed by atoms with Gasteiger partial charge < -0.3 is 24.8 Å². The number of H-pyrrole nitrogens is 1. The first-order valence-electron chi connectivity index (χ1n) is 12.7. The highest BCUT2D eigenvalue weighted by molar-refractivity contribution is 5.99. The molecule has 1 atom stereocenters. The van der Waals surface area contributed by atoms with Crippen molar-refractivity contribution in [3.05, 3.63) is 71.0 Å². The molecule has 0 bridgehead atoms. The highest BCUT2D eigenvalue weighted by Crippen LogP contribution is 2.40. The van der Waals surface area contributed by atoms with Crippen LogP contribution in [0.3, 0.4) is 0 Å². The first kappa shape index (κ1) is 24.8. The molecule has 1 aliphatic heterocycles. The number of nitrogens with zero attached hydrogens (tertiary/aromatic N) is 2. The Labute approximate surface area is 216 Å². The molecule has 1 fully saturated rings. The van der Waals surface area contributed by atoms with Gasteiger partial charge in [0.2, 0.25) is 24.3 Å². The van der Waals surface area contributed by atoms with Crippen molar-refractivity contribution >= 4 is 17.5 Å². The molecule has 2 aromatic carbocycles. The summed E-state index contributed by atoms with van der Waals surface area (Å²) in [5, 5.41) is 15.8. The zero-order valence-corrected chi connectivity index (χ0v) is 21.2. The Kier molecular flexibility index (Phi) is 7.14. The van der Waals surface area contributed by atoms with Crippen LogP contribution >= 0.6 is 0 Å². The van der Waals surface area contributed by atoms with Crippen LogP contribution in [0.2, 0.25) is 0 Å². The predicted octanol–water partition coefficient (Wildman–Crippen LogP) is 2.14. The van der Waals surface area contributed by atoms with Gasteiger partial charge in [-0.25, -0.2) is 0 Å². The van der Waals surface area contributed by atoms with Crippen molar-refractivity contribution in [2.24, 2.45) is 0 Å². The number of carbonyl (C=O) groups excluding carboxylic acids is 2. The highest BCUT2D eigenvalue weighted by Gasteiger charge is 2.38. The summed E-state index contributed by atoms with van der Waals surface area (Å²) in [7, 11) is 1.70. The minimum absolute atomic E-state index is 0.0236. The van der Waals surface area contributed by atoms with Crippen LogP contribution in [0.1, 0.15) is 41.3 Å². The summed E-state index contributed by atoms with van der Waals surface area (Å²) in [6.07, 6.45) is 2.69. The molecule has 9 heteroatoms. The molecule has 1 aliphatic carbocycles.